The molecule has 0 spiro atoms. The number of hydrogen-bond donors (Lipinski definition) is 2. The van der Waals surface area contributed by atoms with Crippen LogP contribution in [0.15, 0.2) is 0 Å². The second-order valence-electron chi connectivity index (χ2n) is 2.37. The molecule has 0 radical (unpaired) electrons. The molecule has 1 fully saturated rings. The predicted octanol–water partition coefficient (Wildman–Crippen LogP) is 0.0927. The van der Waals surface area contributed by atoms with Gasteiger partial charge in [-0.3, -0.25) is 0 Å². The third-order valence-corrected chi connectivity index (χ3v) is 2.86. The molecule has 1 aliphatic rings. The van der Waals surface area contributed by atoms with E-state index in [1.54, 1.807) is 0 Å². The van der Waals surface area contributed by atoms with E-state index in [0.717, 1.165) is 17.9 Å². The fourth-order valence-corrected chi connectivity index (χ4v) is 2.17. The summed E-state index contributed by atoms with van der Waals surface area (Å²) in [5.41, 5.74) is 0. The molecular weight excluding hydrogens is 136 g/mol. The van der Waals surface area contributed by atoms with E-state index in [2.05, 4.69) is 0 Å². The summed E-state index contributed by atoms with van der Waals surface area (Å²) in [5.74, 6) is 2.08. The van der Waals surface area contributed by atoms with E-state index in [1.165, 1.54) is 0 Å². The van der Waals surface area contributed by atoms with Crippen LogP contribution in [0.1, 0.15) is 6.42 Å². The van der Waals surface area contributed by atoms with Crippen LogP contribution < -0.4 is 0 Å². The lowest BCUT2D eigenvalue weighted by Gasteiger charge is -2.24. The van der Waals surface area contributed by atoms with Gasteiger partial charge < -0.3 is 10.2 Å². The molecule has 54 valence electrons. The predicted molar refractivity (Wildman–Crippen MR) is 38.5 cm³/mol. The van der Waals surface area contributed by atoms with Crippen molar-refractivity contribution in [1.29, 1.82) is 0 Å². The maximum atomic E-state index is 9.20. The maximum Gasteiger partial charge on any atom is 0.0606 e. The molecule has 0 aromatic rings. The molecule has 2 atom stereocenters. The number of rotatable bonds is 1. The van der Waals surface area contributed by atoms with Crippen LogP contribution in [0.25, 0.3) is 0 Å². The second kappa shape index (κ2) is 3.44. The molecule has 1 heterocycles. The summed E-state index contributed by atoms with van der Waals surface area (Å²) in [6, 6.07) is 0. The Morgan fingerprint density at radius 2 is 2.33 bits per heavy atom. The minimum absolute atomic E-state index is 0.128. The van der Waals surface area contributed by atoms with Crippen molar-refractivity contribution < 1.29 is 10.2 Å². The van der Waals surface area contributed by atoms with Crippen molar-refractivity contribution in [3.63, 3.8) is 0 Å². The normalized spacial score (nSPS) is 36.7. The summed E-state index contributed by atoms with van der Waals surface area (Å²) in [6.45, 7) is 0.133. The van der Waals surface area contributed by atoms with Crippen molar-refractivity contribution in [3.8, 4) is 0 Å². The van der Waals surface area contributed by atoms with Crippen LogP contribution in [-0.4, -0.2) is 34.4 Å². The number of hydrogen-bond acceptors (Lipinski definition) is 3. The largest absolute Gasteiger partial charge is 0.396 e. The first kappa shape index (κ1) is 7.38. The lowest BCUT2D eigenvalue weighted by atomic mass is 10.0. The third-order valence-electron chi connectivity index (χ3n) is 1.67. The summed E-state index contributed by atoms with van der Waals surface area (Å²) in [4.78, 5) is 0. The minimum atomic E-state index is -0.253. The molecule has 0 bridgehead atoms. The van der Waals surface area contributed by atoms with Crippen molar-refractivity contribution in [2.75, 3.05) is 18.1 Å². The van der Waals surface area contributed by atoms with Gasteiger partial charge in [-0.15, -0.1) is 0 Å². The van der Waals surface area contributed by atoms with Gasteiger partial charge in [-0.2, -0.15) is 11.8 Å². The van der Waals surface area contributed by atoms with E-state index in [4.69, 9.17) is 5.11 Å². The maximum absolute atomic E-state index is 9.20. The molecule has 1 rings (SSSR count). The SMILES string of the molecule is OC[C@@H]1CSCC[C@H]1O. The van der Waals surface area contributed by atoms with Crippen molar-refractivity contribution in [3.05, 3.63) is 0 Å². The number of aliphatic hydroxyl groups excluding tert-OH is 2. The fourth-order valence-electron chi connectivity index (χ4n) is 0.960. The average Bonchev–Trinajstić information content (AvgIpc) is 1.89. The second-order valence-corrected chi connectivity index (χ2v) is 3.52. The van der Waals surface area contributed by atoms with Gasteiger partial charge in [0, 0.05) is 18.3 Å². The van der Waals surface area contributed by atoms with Gasteiger partial charge in [-0.1, -0.05) is 0 Å². The van der Waals surface area contributed by atoms with Crippen molar-refractivity contribution in [1.82, 2.24) is 0 Å². The highest BCUT2D eigenvalue weighted by Crippen LogP contribution is 2.22. The first-order valence-corrected chi connectivity index (χ1v) is 4.36. The molecule has 2 nitrogen and oxygen atoms in total. The molecule has 0 aromatic heterocycles. The van der Waals surface area contributed by atoms with Gasteiger partial charge in [0.05, 0.1) is 6.10 Å². The highest BCUT2D eigenvalue weighted by molar-refractivity contribution is 7.99. The summed E-state index contributed by atoms with van der Waals surface area (Å²) >= 11 is 1.81. The van der Waals surface area contributed by atoms with Gasteiger partial charge >= 0.3 is 0 Å². The molecule has 3 heteroatoms. The fraction of sp³-hybridized carbons (Fsp3) is 1.00. The Kier molecular flexibility index (Phi) is 2.82. The van der Waals surface area contributed by atoms with Crippen LogP contribution in [0.4, 0.5) is 0 Å². The molecule has 0 aliphatic carbocycles. The van der Waals surface area contributed by atoms with Gasteiger partial charge in [0.25, 0.3) is 0 Å². The van der Waals surface area contributed by atoms with E-state index < -0.39 is 0 Å². The molecule has 0 amide bonds. The smallest absolute Gasteiger partial charge is 0.0606 e. The van der Waals surface area contributed by atoms with E-state index >= 15 is 0 Å². The van der Waals surface area contributed by atoms with Crippen LogP contribution in [-0.2, 0) is 0 Å². The van der Waals surface area contributed by atoms with E-state index in [9.17, 15) is 5.11 Å². The zero-order chi connectivity index (χ0) is 6.69. The first-order valence-electron chi connectivity index (χ1n) is 3.21. The Morgan fingerprint density at radius 1 is 1.56 bits per heavy atom. The summed E-state index contributed by atoms with van der Waals surface area (Å²) in [7, 11) is 0. The van der Waals surface area contributed by atoms with Gasteiger partial charge in [0.2, 0.25) is 0 Å². The van der Waals surface area contributed by atoms with Crippen LogP contribution in [0.5, 0.6) is 0 Å². The first-order chi connectivity index (χ1) is 4.34. The van der Waals surface area contributed by atoms with Crippen LogP contribution >= 0.6 is 11.8 Å². The Bertz CT molecular complexity index is 87.1. The molecule has 0 aromatic carbocycles. The topological polar surface area (TPSA) is 40.5 Å². The molecule has 9 heavy (non-hydrogen) atoms. The quantitative estimate of drug-likeness (QED) is 0.554. The monoisotopic (exact) mass is 148 g/mol. The highest BCUT2D eigenvalue weighted by atomic mass is 32.2. The van der Waals surface area contributed by atoms with Gasteiger partial charge in [-0.25, -0.2) is 0 Å². The Hall–Kier alpha value is 0.270. The lowest BCUT2D eigenvalue weighted by molar-refractivity contribution is 0.0744. The molecular formula is C6H12O2S. The summed E-state index contributed by atoms with van der Waals surface area (Å²) < 4.78 is 0. The molecule has 0 unspecified atom stereocenters. The van der Waals surface area contributed by atoms with Gasteiger partial charge in [0.15, 0.2) is 0 Å². The zero-order valence-corrected chi connectivity index (χ0v) is 6.10. The van der Waals surface area contributed by atoms with Crippen LogP contribution in [0, 0.1) is 5.92 Å². The summed E-state index contributed by atoms with van der Waals surface area (Å²) in [5, 5.41) is 17.9. The Balaban J connectivity index is 2.30. The van der Waals surface area contributed by atoms with Crippen molar-refractivity contribution in [2.24, 2.45) is 5.92 Å². The average molecular weight is 148 g/mol. The number of thioether (sulfide) groups is 1. The van der Waals surface area contributed by atoms with Crippen LogP contribution in [0.2, 0.25) is 0 Å². The van der Waals surface area contributed by atoms with Crippen molar-refractivity contribution >= 4 is 11.8 Å². The van der Waals surface area contributed by atoms with E-state index in [0.29, 0.717) is 0 Å². The van der Waals surface area contributed by atoms with E-state index in [1.807, 2.05) is 11.8 Å². The third kappa shape index (κ3) is 1.85. The Morgan fingerprint density at radius 3 is 2.78 bits per heavy atom. The van der Waals surface area contributed by atoms with Gasteiger partial charge in [0.1, 0.15) is 0 Å². The lowest BCUT2D eigenvalue weighted by Crippen LogP contribution is -2.30. The summed E-state index contributed by atoms with van der Waals surface area (Å²) in [6.07, 6.45) is 0.590. The van der Waals surface area contributed by atoms with Crippen molar-refractivity contribution in [2.45, 2.75) is 12.5 Å². The zero-order valence-electron chi connectivity index (χ0n) is 5.29. The molecule has 2 N–H and O–H groups in total. The Labute approximate surface area is 59.3 Å². The van der Waals surface area contributed by atoms with E-state index in [-0.39, 0.29) is 18.6 Å². The van der Waals surface area contributed by atoms with Gasteiger partial charge in [-0.05, 0) is 12.2 Å². The molecule has 1 aliphatic heterocycles. The number of aliphatic hydroxyl groups is 2. The highest BCUT2D eigenvalue weighted by Gasteiger charge is 2.21. The van der Waals surface area contributed by atoms with Crippen LogP contribution in [0.3, 0.4) is 0 Å². The molecule has 1 saturated heterocycles. The standard InChI is InChI=1S/C6H12O2S/c7-3-5-4-9-2-1-6(5)8/h5-8H,1-4H2/t5-,6-/m1/s1. The minimum Gasteiger partial charge on any atom is -0.396 e. The molecule has 0 saturated carbocycles.